The summed E-state index contributed by atoms with van der Waals surface area (Å²) >= 11 is 12.2. The Morgan fingerprint density at radius 1 is 1.08 bits per heavy atom. The normalized spacial score (nSPS) is 11.1. The maximum Gasteiger partial charge on any atom is 0.326 e. The fraction of sp³-hybridized carbons (Fsp3) is 0.235. The van der Waals surface area contributed by atoms with Crippen LogP contribution in [0.25, 0.3) is 0 Å². The summed E-state index contributed by atoms with van der Waals surface area (Å²) < 4.78 is 36.8. The third kappa shape index (κ3) is 4.23. The summed E-state index contributed by atoms with van der Waals surface area (Å²) in [5, 5.41) is 0.508. The summed E-state index contributed by atoms with van der Waals surface area (Å²) in [6.45, 7) is 1.27. The molecule has 0 radical (unpaired) electrons. The van der Waals surface area contributed by atoms with E-state index in [4.69, 9.17) is 27.9 Å². The first-order chi connectivity index (χ1) is 12.2. The van der Waals surface area contributed by atoms with Gasteiger partial charge in [-0.05, 0) is 42.8 Å². The van der Waals surface area contributed by atoms with E-state index in [9.17, 15) is 13.2 Å². The van der Waals surface area contributed by atoms with Gasteiger partial charge < -0.3 is 9.47 Å². The van der Waals surface area contributed by atoms with Crippen LogP contribution in [-0.2, 0) is 19.6 Å². The van der Waals surface area contributed by atoms with E-state index in [1.54, 1.807) is 19.1 Å². The van der Waals surface area contributed by atoms with Crippen LogP contribution >= 0.6 is 23.2 Å². The molecular formula is C17H17Cl2NO5S. The lowest BCUT2D eigenvalue weighted by Gasteiger charge is -2.24. The second-order valence-electron chi connectivity index (χ2n) is 5.32. The molecule has 0 heterocycles. The van der Waals surface area contributed by atoms with Crippen molar-refractivity contribution >= 4 is 44.9 Å². The van der Waals surface area contributed by atoms with Crippen molar-refractivity contribution < 1.29 is 22.7 Å². The lowest BCUT2D eigenvalue weighted by molar-refractivity contribution is -0.138. The zero-order valence-electron chi connectivity index (χ0n) is 14.3. The predicted molar refractivity (Wildman–Crippen MR) is 101 cm³/mol. The summed E-state index contributed by atoms with van der Waals surface area (Å²) in [4.78, 5) is 11.7. The Morgan fingerprint density at radius 2 is 1.77 bits per heavy atom. The van der Waals surface area contributed by atoms with E-state index in [2.05, 4.69) is 4.74 Å². The SMILES string of the molecule is COC(=O)CN(c1ccc(C)c(Cl)c1)S(=O)(=O)c1ccc(OC)c(Cl)c1. The molecule has 26 heavy (non-hydrogen) atoms. The highest BCUT2D eigenvalue weighted by atomic mass is 35.5. The molecule has 0 aliphatic rings. The molecule has 140 valence electrons. The average molecular weight is 418 g/mol. The Morgan fingerprint density at radius 3 is 2.31 bits per heavy atom. The molecule has 0 aliphatic carbocycles. The highest BCUT2D eigenvalue weighted by Gasteiger charge is 2.28. The van der Waals surface area contributed by atoms with Crippen LogP contribution in [0.5, 0.6) is 5.75 Å². The molecule has 0 aliphatic heterocycles. The van der Waals surface area contributed by atoms with Crippen molar-refractivity contribution in [2.75, 3.05) is 25.1 Å². The van der Waals surface area contributed by atoms with E-state index in [1.807, 2.05) is 0 Å². The van der Waals surface area contributed by atoms with E-state index < -0.39 is 22.5 Å². The summed E-state index contributed by atoms with van der Waals surface area (Å²) in [7, 11) is -1.50. The number of carbonyl (C=O) groups excluding carboxylic acids is 1. The van der Waals surface area contributed by atoms with Gasteiger partial charge in [-0.15, -0.1) is 0 Å². The van der Waals surface area contributed by atoms with Gasteiger partial charge in [-0.3, -0.25) is 9.10 Å². The van der Waals surface area contributed by atoms with E-state index in [-0.39, 0.29) is 15.6 Å². The van der Waals surface area contributed by atoms with Crippen LogP contribution in [-0.4, -0.2) is 35.2 Å². The van der Waals surface area contributed by atoms with Crippen molar-refractivity contribution in [1.82, 2.24) is 0 Å². The van der Waals surface area contributed by atoms with Gasteiger partial charge >= 0.3 is 5.97 Å². The van der Waals surface area contributed by atoms with Gasteiger partial charge in [-0.2, -0.15) is 0 Å². The van der Waals surface area contributed by atoms with E-state index in [0.717, 1.165) is 9.87 Å². The Hall–Kier alpha value is -1.96. The highest BCUT2D eigenvalue weighted by molar-refractivity contribution is 7.92. The molecule has 0 unspecified atom stereocenters. The van der Waals surface area contributed by atoms with Gasteiger partial charge in [0.25, 0.3) is 10.0 Å². The zero-order valence-corrected chi connectivity index (χ0v) is 16.7. The van der Waals surface area contributed by atoms with Crippen molar-refractivity contribution in [2.45, 2.75) is 11.8 Å². The molecule has 0 N–H and O–H groups in total. The van der Waals surface area contributed by atoms with Gasteiger partial charge in [-0.25, -0.2) is 8.42 Å². The Labute approximate surface area is 162 Å². The van der Waals surface area contributed by atoms with E-state index >= 15 is 0 Å². The molecule has 0 bridgehead atoms. The van der Waals surface area contributed by atoms with Crippen LogP contribution in [0.3, 0.4) is 0 Å². The number of carbonyl (C=O) groups is 1. The number of nitrogens with zero attached hydrogens (tertiary/aromatic N) is 1. The van der Waals surface area contributed by atoms with Crippen molar-refractivity contribution in [1.29, 1.82) is 0 Å². The second kappa shape index (κ2) is 8.16. The van der Waals surface area contributed by atoms with Crippen molar-refractivity contribution in [3.63, 3.8) is 0 Å². The van der Waals surface area contributed by atoms with E-state index in [1.165, 1.54) is 38.5 Å². The van der Waals surface area contributed by atoms with Gasteiger partial charge in [0.2, 0.25) is 0 Å². The van der Waals surface area contributed by atoms with Crippen LogP contribution in [0.1, 0.15) is 5.56 Å². The smallest absolute Gasteiger partial charge is 0.326 e. The lowest BCUT2D eigenvalue weighted by Crippen LogP contribution is -2.36. The summed E-state index contributed by atoms with van der Waals surface area (Å²) in [5.41, 5.74) is 1.01. The fourth-order valence-corrected chi connectivity index (χ4v) is 4.09. The maximum atomic E-state index is 13.1. The zero-order chi connectivity index (χ0) is 19.5. The predicted octanol–water partition coefficient (Wildman–Crippen LogP) is 3.68. The Bertz CT molecular complexity index is 931. The Balaban J connectivity index is 2.57. The van der Waals surface area contributed by atoms with Crippen LogP contribution in [0.4, 0.5) is 5.69 Å². The van der Waals surface area contributed by atoms with Gasteiger partial charge in [0.15, 0.2) is 0 Å². The Kier molecular flexibility index (Phi) is 6.39. The number of aryl methyl sites for hydroxylation is 1. The monoisotopic (exact) mass is 417 g/mol. The molecule has 0 spiro atoms. The number of hydrogen-bond donors (Lipinski definition) is 0. The molecule has 2 aromatic carbocycles. The molecule has 0 atom stereocenters. The molecule has 6 nitrogen and oxygen atoms in total. The second-order valence-corrected chi connectivity index (χ2v) is 7.99. The molecule has 0 saturated carbocycles. The summed E-state index contributed by atoms with van der Waals surface area (Å²) in [6.07, 6.45) is 0. The van der Waals surface area contributed by atoms with Gasteiger partial charge in [0.05, 0.1) is 29.8 Å². The molecular weight excluding hydrogens is 401 g/mol. The quantitative estimate of drug-likeness (QED) is 0.670. The number of rotatable bonds is 6. The van der Waals surface area contributed by atoms with Crippen LogP contribution < -0.4 is 9.04 Å². The molecule has 2 rings (SSSR count). The topological polar surface area (TPSA) is 72.9 Å². The minimum Gasteiger partial charge on any atom is -0.495 e. The molecule has 0 saturated heterocycles. The molecule has 0 aromatic heterocycles. The van der Waals surface area contributed by atoms with Crippen LogP contribution in [0.2, 0.25) is 10.0 Å². The standard InChI is InChI=1S/C17H17Cl2NO5S/c1-11-4-5-12(8-14(11)18)20(10-17(21)25-3)26(22,23)13-6-7-16(24-2)15(19)9-13/h4-9H,10H2,1-3H3. The third-order valence-electron chi connectivity index (χ3n) is 3.66. The largest absolute Gasteiger partial charge is 0.495 e. The molecule has 0 amide bonds. The van der Waals surface area contributed by atoms with Crippen molar-refractivity contribution in [3.8, 4) is 5.75 Å². The summed E-state index contributed by atoms with van der Waals surface area (Å²) in [6, 6.07) is 8.75. The van der Waals surface area contributed by atoms with Gasteiger partial charge in [0, 0.05) is 5.02 Å². The van der Waals surface area contributed by atoms with E-state index in [0.29, 0.717) is 10.8 Å². The number of ether oxygens (including phenoxy) is 2. The maximum absolute atomic E-state index is 13.1. The molecule has 9 heteroatoms. The number of anilines is 1. The first-order valence-corrected chi connectivity index (χ1v) is 9.59. The number of benzene rings is 2. The van der Waals surface area contributed by atoms with Crippen molar-refractivity contribution in [2.24, 2.45) is 0 Å². The molecule has 0 fully saturated rings. The lowest BCUT2D eigenvalue weighted by atomic mass is 10.2. The average Bonchev–Trinajstić information content (AvgIpc) is 2.61. The minimum atomic E-state index is -4.10. The first-order valence-electron chi connectivity index (χ1n) is 7.40. The van der Waals surface area contributed by atoms with Crippen molar-refractivity contribution in [3.05, 3.63) is 52.0 Å². The first kappa shape index (κ1) is 20.4. The number of methoxy groups -OCH3 is 2. The van der Waals surface area contributed by atoms with Gasteiger partial charge in [-0.1, -0.05) is 29.3 Å². The number of halogens is 2. The minimum absolute atomic E-state index is 0.0936. The highest BCUT2D eigenvalue weighted by Crippen LogP contribution is 2.31. The molecule has 2 aromatic rings. The fourth-order valence-electron chi connectivity index (χ4n) is 2.17. The number of sulfonamides is 1. The van der Waals surface area contributed by atoms with Crippen LogP contribution in [0.15, 0.2) is 41.3 Å². The number of esters is 1. The third-order valence-corrected chi connectivity index (χ3v) is 6.13. The van der Waals surface area contributed by atoms with Crippen LogP contribution in [0, 0.1) is 6.92 Å². The summed E-state index contributed by atoms with van der Waals surface area (Å²) in [5.74, 6) is -0.381. The van der Waals surface area contributed by atoms with Gasteiger partial charge in [0.1, 0.15) is 12.3 Å². The number of hydrogen-bond acceptors (Lipinski definition) is 5.